The minimum Gasteiger partial charge on any atom is -0.392 e. The van der Waals surface area contributed by atoms with Crippen molar-refractivity contribution in [3.63, 3.8) is 0 Å². The number of benzene rings is 2. The molecule has 5 heteroatoms. The molecule has 0 saturated carbocycles. The number of amides is 1. The first-order chi connectivity index (χ1) is 10.7. The Hall–Kier alpha value is -2.40. The van der Waals surface area contributed by atoms with Gasteiger partial charge in [-0.2, -0.15) is 0 Å². The number of rotatable bonds is 3. The standard InChI is InChI=1S/C17H17FN2O2/c18-14-5-6-16-15(9-14)19-17(22)7-8-20(16)10-12-1-3-13(11-21)4-2-12/h1-6,9,21H,7-8,10-11H2,(H,19,22). The summed E-state index contributed by atoms with van der Waals surface area (Å²) in [5, 5.41) is 11.8. The minimum atomic E-state index is -0.367. The lowest BCUT2D eigenvalue weighted by Crippen LogP contribution is -2.24. The van der Waals surface area contributed by atoms with Crippen LogP contribution in [0.25, 0.3) is 0 Å². The summed E-state index contributed by atoms with van der Waals surface area (Å²) < 4.78 is 13.4. The van der Waals surface area contributed by atoms with E-state index in [1.165, 1.54) is 12.1 Å². The molecule has 114 valence electrons. The number of aliphatic hydroxyl groups excluding tert-OH is 1. The summed E-state index contributed by atoms with van der Waals surface area (Å²) >= 11 is 0. The van der Waals surface area contributed by atoms with Gasteiger partial charge in [0, 0.05) is 19.5 Å². The number of carbonyl (C=O) groups excluding carboxylic acids is 1. The highest BCUT2D eigenvalue weighted by atomic mass is 19.1. The number of anilines is 2. The molecule has 0 aliphatic carbocycles. The fourth-order valence-electron chi connectivity index (χ4n) is 2.59. The maximum atomic E-state index is 13.4. The quantitative estimate of drug-likeness (QED) is 0.916. The second-order valence-electron chi connectivity index (χ2n) is 5.36. The van der Waals surface area contributed by atoms with Crippen LogP contribution in [0.1, 0.15) is 17.5 Å². The fourth-order valence-corrected chi connectivity index (χ4v) is 2.59. The molecule has 0 radical (unpaired) electrons. The number of carbonyl (C=O) groups is 1. The first-order valence-corrected chi connectivity index (χ1v) is 7.19. The largest absolute Gasteiger partial charge is 0.392 e. The average molecular weight is 300 g/mol. The Kier molecular flexibility index (Phi) is 4.06. The highest BCUT2D eigenvalue weighted by molar-refractivity contribution is 5.96. The van der Waals surface area contributed by atoms with Crippen LogP contribution in [0, 0.1) is 5.82 Å². The van der Waals surface area contributed by atoms with Gasteiger partial charge in [0.1, 0.15) is 5.82 Å². The summed E-state index contributed by atoms with van der Waals surface area (Å²) in [6, 6.07) is 12.1. The van der Waals surface area contributed by atoms with Gasteiger partial charge in [0.15, 0.2) is 0 Å². The third-order valence-corrected chi connectivity index (χ3v) is 3.76. The third-order valence-electron chi connectivity index (χ3n) is 3.76. The van der Waals surface area contributed by atoms with E-state index in [1.807, 2.05) is 24.3 Å². The van der Waals surface area contributed by atoms with Crippen LogP contribution in [0.5, 0.6) is 0 Å². The van der Waals surface area contributed by atoms with Crippen molar-refractivity contribution in [2.24, 2.45) is 0 Å². The number of nitrogens with zero attached hydrogens (tertiary/aromatic N) is 1. The number of aliphatic hydroxyl groups is 1. The van der Waals surface area contributed by atoms with E-state index in [-0.39, 0.29) is 18.3 Å². The zero-order valence-corrected chi connectivity index (χ0v) is 12.1. The summed E-state index contributed by atoms with van der Waals surface area (Å²) in [5.41, 5.74) is 3.26. The van der Waals surface area contributed by atoms with E-state index in [9.17, 15) is 9.18 Å². The van der Waals surface area contributed by atoms with Crippen LogP contribution in [-0.2, 0) is 17.9 Å². The zero-order chi connectivity index (χ0) is 15.5. The summed E-state index contributed by atoms with van der Waals surface area (Å²) in [6.45, 7) is 1.22. The van der Waals surface area contributed by atoms with E-state index in [1.54, 1.807) is 6.07 Å². The molecular formula is C17H17FN2O2. The molecule has 2 N–H and O–H groups in total. The Morgan fingerprint density at radius 2 is 1.86 bits per heavy atom. The lowest BCUT2D eigenvalue weighted by atomic mass is 10.1. The van der Waals surface area contributed by atoms with Gasteiger partial charge in [-0.3, -0.25) is 4.79 Å². The second-order valence-corrected chi connectivity index (χ2v) is 5.36. The number of hydrogen-bond acceptors (Lipinski definition) is 3. The summed E-state index contributed by atoms with van der Waals surface area (Å²) in [6.07, 6.45) is 0.366. The van der Waals surface area contributed by atoms with Crippen molar-refractivity contribution < 1.29 is 14.3 Å². The highest BCUT2D eigenvalue weighted by Crippen LogP contribution is 2.30. The van der Waals surface area contributed by atoms with E-state index < -0.39 is 0 Å². The van der Waals surface area contributed by atoms with Gasteiger partial charge in [-0.1, -0.05) is 24.3 Å². The molecule has 0 unspecified atom stereocenters. The zero-order valence-electron chi connectivity index (χ0n) is 12.1. The van der Waals surface area contributed by atoms with E-state index in [2.05, 4.69) is 10.2 Å². The Labute approximate surface area is 128 Å². The minimum absolute atomic E-state index is 0.0184. The van der Waals surface area contributed by atoms with Gasteiger partial charge in [0.05, 0.1) is 18.0 Å². The lowest BCUT2D eigenvalue weighted by molar-refractivity contribution is -0.115. The average Bonchev–Trinajstić information content (AvgIpc) is 2.67. The van der Waals surface area contributed by atoms with Crippen molar-refractivity contribution in [1.82, 2.24) is 0 Å². The molecule has 0 saturated heterocycles. The molecule has 0 bridgehead atoms. The molecule has 1 aliphatic rings. The summed E-state index contributed by atoms with van der Waals surface area (Å²) in [4.78, 5) is 13.8. The fraction of sp³-hybridized carbons (Fsp3) is 0.235. The summed E-state index contributed by atoms with van der Waals surface area (Å²) in [5.74, 6) is -0.474. The van der Waals surface area contributed by atoms with E-state index in [0.29, 0.717) is 25.2 Å². The van der Waals surface area contributed by atoms with Gasteiger partial charge in [-0.25, -0.2) is 4.39 Å². The van der Waals surface area contributed by atoms with Crippen molar-refractivity contribution in [2.75, 3.05) is 16.8 Å². The second kappa shape index (κ2) is 6.15. The maximum Gasteiger partial charge on any atom is 0.226 e. The molecule has 0 fully saturated rings. The predicted octanol–water partition coefficient (Wildman–Crippen LogP) is 2.67. The SMILES string of the molecule is O=C1CCN(Cc2ccc(CO)cc2)c2ccc(F)cc2N1. The summed E-state index contributed by atoms with van der Waals surface area (Å²) in [7, 11) is 0. The van der Waals surface area contributed by atoms with E-state index in [4.69, 9.17) is 5.11 Å². The van der Waals surface area contributed by atoms with Gasteiger partial charge >= 0.3 is 0 Å². The molecule has 4 nitrogen and oxygen atoms in total. The van der Waals surface area contributed by atoms with E-state index in [0.717, 1.165) is 16.8 Å². The van der Waals surface area contributed by atoms with Crippen LogP contribution in [0.3, 0.4) is 0 Å². The molecule has 0 spiro atoms. The number of fused-ring (bicyclic) bond motifs is 1. The smallest absolute Gasteiger partial charge is 0.226 e. The van der Waals surface area contributed by atoms with Gasteiger partial charge in [0.25, 0.3) is 0 Å². The Bertz CT molecular complexity index is 686. The molecular weight excluding hydrogens is 283 g/mol. The van der Waals surface area contributed by atoms with Crippen molar-refractivity contribution in [2.45, 2.75) is 19.6 Å². The van der Waals surface area contributed by atoms with Crippen LogP contribution in [0.4, 0.5) is 15.8 Å². The van der Waals surface area contributed by atoms with Gasteiger partial charge in [0.2, 0.25) is 5.91 Å². The predicted molar refractivity (Wildman–Crippen MR) is 83.1 cm³/mol. The van der Waals surface area contributed by atoms with Crippen LogP contribution in [0.2, 0.25) is 0 Å². The normalized spacial score (nSPS) is 14.3. The lowest BCUT2D eigenvalue weighted by Gasteiger charge is -2.24. The molecule has 0 atom stereocenters. The van der Waals surface area contributed by atoms with Crippen molar-refractivity contribution in [3.8, 4) is 0 Å². The Balaban J connectivity index is 1.88. The maximum absolute atomic E-state index is 13.4. The van der Waals surface area contributed by atoms with Gasteiger partial charge in [-0.05, 0) is 29.3 Å². The van der Waals surface area contributed by atoms with Crippen LogP contribution < -0.4 is 10.2 Å². The Morgan fingerprint density at radius 3 is 2.59 bits per heavy atom. The molecule has 1 amide bonds. The number of hydrogen-bond donors (Lipinski definition) is 2. The molecule has 1 aliphatic heterocycles. The molecule has 0 aromatic heterocycles. The van der Waals surface area contributed by atoms with Gasteiger partial charge < -0.3 is 15.3 Å². The van der Waals surface area contributed by atoms with Crippen LogP contribution in [-0.4, -0.2) is 17.6 Å². The molecule has 3 rings (SSSR count). The first kappa shape index (κ1) is 14.5. The van der Waals surface area contributed by atoms with Crippen molar-refractivity contribution in [1.29, 1.82) is 0 Å². The van der Waals surface area contributed by atoms with Gasteiger partial charge in [-0.15, -0.1) is 0 Å². The van der Waals surface area contributed by atoms with Crippen molar-refractivity contribution >= 4 is 17.3 Å². The molecule has 1 heterocycles. The highest BCUT2D eigenvalue weighted by Gasteiger charge is 2.19. The van der Waals surface area contributed by atoms with E-state index >= 15 is 0 Å². The molecule has 2 aromatic carbocycles. The molecule has 22 heavy (non-hydrogen) atoms. The third kappa shape index (κ3) is 3.09. The van der Waals surface area contributed by atoms with Crippen LogP contribution >= 0.6 is 0 Å². The number of nitrogens with one attached hydrogen (secondary N) is 1. The topological polar surface area (TPSA) is 52.6 Å². The Morgan fingerprint density at radius 1 is 1.14 bits per heavy atom. The van der Waals surface area contributed by atoms with Crippen molar-refractivity contribution in [3.05, 3.63) is 59.4 Å². The monoisotopic (exact) mass is 300 g/mol. The first-order valence-electron chi connectivity index (χ1n) is 7.19. The van der Waals surface area contributed by atoms with Crippen LogP contribution in [0.15, 0.2) is 42.5 Å². The number of halogens is 1. The molecule has 2 aromatic rings.